The van der Waals surface area contributed by atoms with Gasteiger partial charge in [0.2, 0.25) is 0 Å². The van der Waals surface area contributed by atoms with E-state index in [1.807, 2.05) is 12.1 Å². The van der Waals surface area contributed by atoms with Crippen molar-refractivity contribution in [3.8, 4) is 5.75 Å². The SMILES string of the molecule is COc1cccc2ccc(=O)n(CCO)c12. The summed E-state index contributed by atoms with van der Waals surface area (Å²) in [6.07, 6.45) is 0. The zero-order chi connectivity index (χ0) is 11.5. The fourth-order valence-corrected chi connectivity index (χ4v) is 1.81. The number of hydrogen-bond acceptors (Lipinski definition) is 3. The molecule has 0 aliphatic carbocycles. The maximum atomic E-state index is 11.7. The summed E-state index contributed by atoms with van der Waals surface area (Å²) in [5.41, 5.74) is 0.595. The monoisotopic (exact) mass is 219 g/mol. The third-order valence-corrected chi connectivity index (χ3v) is 2.52. The molecule has 2 rings (SSSR count). The number of pyridine rings is 1. The lowest BCUT2D eigenvalue weighted by molar-refractivity contribution is 0.276. The van der Waals surface area contributed by atoms with Gasteiger partial charge in [-0.05, 0) is 12.1 Å². The van der Waals surface area contributed by atoms with E-state index in [1.165, 1.54) is 10.6 Å². The van der Waals surface area contributed by atoms with Crippen molar-refractivity contribution in [3.05, 3.63) is 40.7 Å². The Labute approximate surface area is 92.7 Å². The predicted molar refractivity (Wildman–Crippen MR) is 61.8 cm³/mol. The van der Waals surface area contributed by atoms with Gasteiger partial charge < -0.3 is 14.4 Å². The maximum Gasteiger partial charge on any atom is 0.251 e. The Balaban J connectivity index is 2.83. The minimum Gasteiger partial charge on any atom is -0.495 e. The molecule has 1 aromatic heterocycles. The fraction of sp³-hybridized carbons (Fsp3) is 0.250. The molecule has 84 valence electrons. The van der Waals surface area contributed by atoms with Gasteiger partial charge in [-0.1, -0.05) is 12.1 Å². The van der Waals surface area contributed by atoms with Gasteiger partial charge in [0, 0.05) is 18.0 Å². The van der Waals surface area contributed by atoms with Crippen LogP contribution in [0.4, 0.5) is 0 Å². The molecular formula is C12H13NO3. The van der Waals surface area contributed by atoms with Crippen LogP contribution in [-0.2, 0) is 6.54 Å². The molecule has 1 heterocycles. The van der Waals surface area contributed by atoms with Crippen LogP contribution in [0.3, 0.4) is 0 Å². The highest BCUT2D eigenvalue weighted by Crippen LogP contribution is 2.23. The van der Waals surface area contributed by atoms with Gasteiger partial charge in [0.25, 0.3) is 5.56 Å². The summed E-state index contributed by atoms with van der Waals surface area (Å²) in [4.78, 5) is 11.7. The topological polar surface area (TPSA) is 51.5 Å². The zero-order valence-electron chi connectivity index (χ0n) is 9.01. The Kier molecular flexibility index (Phi) is 2.92. The van der Waals surface area contributed by atoms with Gasteiger partial charge in [-0.2, -0.15) is 0 Å². The third kappa shape index (κ3) is 1.67. The van der Waals surface area contributed by atoms with Gasteiger partial charge in [-0.3, -0.25) is 4.79 Å². The van der Waals surface area contributed by atoms with E-state index >= 15 is 0 Å². The van der Waals surface area contributed by atoms with Crippen molar-refractivity contribution in [2.45, 2.75) is 6.54 Å². The van der Waals surface area contributed by atoms with Crippen molar-refractivity contribution < 1.29 is 9.84 Å². The van der Waals surface area contributed by atoms with E-state index < -0.39 is 0 Å². The molecule has 0 unspecified atom stereocenters. The Hall–Kier alpha value is -1.81. The number of rotatable bonds is 3. The molecule has 16 heavy (non-hydrogen) atoms. The lowest BCUT2D eigenvalue weighted by atomic mass is 10.2. The van der Waals surface area contributed by atoms with Crippen LogP contribution in [0.2, 0.25) is 0 Å². The molecule has 4 heteroatoms. The van der Waals surface area contributed by atoms with Crippen molar-refractivity contribution >= 4 is 10.9 Å². The van der Waals surface area contributed by atoms with E-state index in [4.69, 9.17) is 9.84 Å². The Morgan fingerprint density at radius 3 is 2.81 bits per heavy atom. The van der Waals surface area contributed by atoms with Gasteiger partial charge in [0.15, 0.2) is 0 Å². The summed E-state index contributed by atoms with van der Waals surface area (Å²) in [6, 6.07) is 8.83. The van der Waals surface area contributed by atoms with Gasteiger partial charge in [-0.15, -0.1) is 0 Å². The van der Waals surface area contributed by atoms with Crippen molar-refractivity contribution in [1.29, 1.82) is 0 Å². The molecule has 0 atom stereocenters. The largest absolute Gasteiger partial charge is 0.495 e. The van der Waals surface area contributed by atoms with E-state index in [1.54, 1.807) is 19.2 Å². The average Bonchev–Trinajstić information content (AvgIpc) is 2.32. The van der Waals surface area contributed by atoms with Gasteiger partial charge in [0.1, 0.15) is 5.75 Å². The lowest BCUT2D eigenvalue weighted by Gasteiger charge is -2.11. The number of methoxy groups -OCH3 is 1. The van der Waals surface area contributed by atoms with Crippen molar-refractivity contribution in [2.75, 3.05) is 13.7 Å². The Morgan fingerprint density at radius 2 is 2.12 bits per heavy atom. The van der Waals surface area contributed by atoms with Crippen LogP contribution in [0.25, 0.3) is 10.9 Å². The first-order valence-electron chi connectivity index (χ1n) is 5.05. The van der Waals surface area contributed by atoms with Gasteiger partial charge >= 0.3 is 0 Å². The first kappa shape index (κ1) is 10.7. The molecule has 0 radical (unpaired) electrons. The van der Waals surface area contributed by atoms with E-state index in [0.29, 0.717) is 5.75 Å². The molecule has 0 saturated carbocycles. The molecule has 0 aliphatic rings. The second kappa shape index (κ2) is 4.37. The summed E-state index contributed by atoms with van der Waals surface area (Å²) in [5.74, 6) is 0.642. The minimum atomic E-state index is -0.133. The molecular weight excluding hydrogens is 206 g/mol. The number of ether oxygens (including phenoxy) is 1. The summed E-state index contributed by atoms with van der Waals surface area (Å²) in [5, 5.41) is 9.89. The Morgan fingerprint density at radius 1 is 1.31 bits per heavy atom. The van der Waals surface area contributed by atoms with E-state index in [9.17, 15) is 4.79 Å². The highest BCUT2D eigenvalue weighted by atomic mass is 16.5. The van der Waals surface area contributed by atoms with Crippen LogP contribution in [0.5, 0.6) is 5.75 Å². The lowest BCUT2D eigenvalue weighted by Crippen LogP contribution is -2.21. The number of fused-ring (bicyclic) bond motifs is 1. The molecule has 0 bridgehead atoms. The predicted octanol–water partition coefficient (Wildman–Crippen LogP) is 1.00. The molecule has 0 amide bonds. The number of benzene rings is 1. The molecule has 2 aromatic rings. The smallest absolute Gasteiger partial charge is 0.251 e. The normalized spacial score (nSPS) is 10.6. The standard InChI is InChI=1S/C12H13NO3/c1-16-10-4-2-3-9-5-6-11(15)13(7-8-14)12(9)10/h2-6,14H,7-8H2,1H3. The molecule has 4 nitrogen and oxygen atoms in total. The van der Waals surface area contributed by atoms with Crippen LogP contribution in [0.1, 0.15) is 0 Å². The van der Waals surface area contributed by atoms with E-state index in [2.05, 4.69) is 0 Å². The molecule has 1 N–H and O–H groups in total. The van der Waals surface area contributed by atoms with Crippen LogP contribution >= 0.6 is 0 Å². The molecule has 0 spiro atoms. The van der Waals surface area contributed by atoms with Crippen LogP contribution in [0.15, 0.2) is 35.1 Å². The average molecular weight is 219 g/mol. The van der Waals surface area contributed by atoms with Crippen molar-refractivity contribution in [3.63, 3.8) is 0 Å². The first-order chi connectivity index (χ1) is 7.77. The summed E-state index contributed by atoms with van der Waals surface area (Å²) in [7, 11) is 1.57. The number of para-hydroxylation sites is 1. The van der Waals surface area contributed by atoms with Gasteiger partial charge in [-0.25, -0.2) is 0 Å². The highest BCUT2D eigenvalue weighted by molar-refractivity contribution is 5.84. The fourth-order valence-electron chi connectivity index (χ4n) is 1.81. The summed E-state index contributed by atoms with van der Waals surface area (Å²) in [6.45, 7) is 0.202. The van der Waals surface area contributed by atoms with E-state index in [0.717, 1.165) is 10.9 Å². The Bertz CT molecular complexity index is 560. The number of nitrogens with zero attached hydrogens (tertiary/aromatic N) is 1. The van der Waals surface area contributed by atoms with Crippen LogP contribution < -0.4 is 10.3 Å². The zero-order valence-corrected chi connectivity index (χ0v) is 9.01. The maximum absolute atomic E-state index is 11.7. The summed E-state index contributed by atoms with van der Waals surface area (Å²) >= 11 is 0. The second-order valence-corrected chi connectivity index (χ2v) is 3.44. The van der Waals surface area contributed by atoms with Crippen molar-refractivity contribution in [2.24, 2.45) is 0 Å². The van der Waals surface area contributed by atoms with E-state index in [-0.39, 0.29) is 18.7 Å². The van der Waals surface area contributed by atoms with Crippen molar-refractivity contribution in [1.82, 2.24) is 4.57 Å². The number of hydrogen-bond donors (Lipinski definition) is 1. The minimum absolute atomic E-state index is 0.0724. The number of aromatic nitrogens is 1. The quantitative estimate of drug-likeness (QED) is 0.838. The highest BCUT2D eigenvalue weighted by Gasteiger charge is 2.07. The summed E-state index contributed by atoms with van der Waals surface area (Å²) < 4.78 is 6.75. The molecule has 1 aromatic carbocycles. The molecule has 0 aliphatic heterocycles. The number of aliphatic hydroxyl groups excluding tert-OH is 1. The first-order valence-corrected chi connectivity index (χ1v) is 5.05. The third-order valence-electron chi connectivity index (χ3n) is 2.52. The molecule has 0 fully saturated rings. The molecule has 0 saturated heterocycles. The van der Waals surface area contributed by atoms with Crippen LogP contribution in [0, 0.1) is 0 Å². The van der Waals surface area contributed by atoms with Crippen LogP contribution in [-0.4, -0.2) is 23.4 Å². The number of aliphatic hydroxyl groups is 1. The van der Waals surface area contributed by atoms with Gasteiger partial charge in [0.05, 0.1) is 19.2 Å². The second-order valence-electron chi connectivity index (χ2n) is 3.44.